The zero-order chi connectivity index (χ0) is 14.5. The summed E-state index contributed by atoms with van der Waals surface area (Å²) in [6.07, 6.45) is 1.55. The first-order chi connectivity index (χ1) is 9.60. The van der Waals surface area contributed by atoms with Crippen LogP contribution in [0, 0.1) is 0 Å². The third-order valence-electron chi connectivity index (χ3n) is 2.81. The summed E-state index contributed by atoms with van der Waals surface area (Å²) in [5.74, 6) is 1.70. The third-order valence-corrected chi connectivity index (χ3v) is 4.41. The van der Waals surface area contributed by atoms with Crippen molar-refractivity contribution in [2.45, 2.75) is 13.1 Å². The average molecular weight is 357 g/mol. The van der Waals surface area contributed by atoms with E-state index < -0.39 is 0 Å². The molecule has 2 rings (SSSR count). The molecule has 108 valence electrons. The summed E-state index contributed by atoms with van der Waals surface area (Å²) in [5, 5.41) is 7.33. The molecular formula is C12H17BrN6S. The maximum atomic E-state index is 4.29. The molecule has 8 heteroatoms. The number of rotatable bonds is 4. The van der Waals surface area contributed by atoms with E-state index >= 15 is 0 Å². The fourth-order valence-electron chi connectivity index (χ4n) is 1.77. The summed E-state index contributed by atoms with van der Waals surface area (Å²) in [6, 6.07) is 4.17. The lowest BCUT2D eigenvalue weighted by molar-refractivity contribution is 0.478. The van der Waals surface area contributed by atoms with Crippen molar-refractivity contribution < 1.29 is 0 Å². The van der Waals surface area contributed by atoms with Crippen LogP contribution in [0.25, 0.3) is 0 Å². The predicted octanol–water partition coefficient (Wildman–Crippen LogP) is 1.85. The first kappa shape index (κ1) is 15.0. The van der Waals surface area contributed by atoms with Gasteiger partial charge in [0.15, 0.2) is 5.96 Å². The lowest BCUT2D eigenvalue weighted by Gasteiger charge is -2.21. The molecule has 0 saturated carbocycles. The summed E-state index contributed by atoms with van der Waals surface area (Å²) < 4.78 is 2.89. The second-order valence-corrected chi connectivity index (χ2v) is 6.81. The Bertz CT molecular complexity index is 590. The second-order valence-electron chi connectivity index (χ2n) is 4.26. The number of nitrogens with zero attached hydrogens (tertiary/aromatic N) is 5. The summed E-state index contributed by atoms with van der Waals surface area (Å²) in [6.45, 7) is 1.41. The largest absolute Gasteiger partial charge is 0.349 e. The van der Waals surface area contributed by atoms with Crippen LogP contribution in [0.1, 0.15) is 10.7 Å². The minimum atomic E-state index is 0.599. The third kappa shape index (κ3) is 3.80. The Morgan fingerprint density at radius 2 is 2.35 bits per heavy atom. The van der Waals surface area contributed by atoms with E-state index in [2.05, 4.69) is 53.4 Å². The maximum absolute atomic E-state index is 4.29. The van der Waals surface area contributed by atoms with Gasteiger partial charge in [-0.1, -0.05) is 0 Å². The van der Waals surface area contributed by atoms with Gasteiger partial charge in [0.2, 0.25) is 0 Å². The number of aliphatic imine (C=N–C) groups is 1. The Morgan fingerprint density at radius 3 is 2.90 bits per heavy atom. The topological polar surface area (TPSA) is 58.3 Å². The normalized spacial score (nSPS) is 11.7. The minimum absolute atomic E-state index is 0.599. The monoisotopic (exact) mass is 356 g/mol. The molecule has 1 N–H and O–H groups in total. The van der Waals surface area contributed by atoms with Crippen molar-refractivity contribution in [1.29, 1.82) is 0 Å². The Kier molecular flexibility index (Phi) is 5.13. The number of nitrogens with one attached hydrogen (secondary N) is 1. The average Bonchev–Trinajstić information content (AvgIpc) is 3.00. The highest BCUT2D eigenvalue weighted by atomic mass is 79.9. The van der Waals surface area contributed by atoms with E-state index in [1.807, 2.05) is 14.1 Å². The highest BCUT2D eigenvalue weighted by molar-refractivity contribution is 9.11. The van der Waals surface area contributed by atoms with Gasteiger partial charge in [0.1, 0.15) is 12.2 Å². The lowest BCUT2D eigenvalue weighted by Crippen LogP contribution is -2.38. The maximum Gasteiger partial charge on any atom is 0.194 e. The van der Waals surface area contributed by atoms with E-state index in [0.717, 1.165) is 22.1 Å². The van der Waals surface area contributed by atoms with Crippen molar-refractivity contribution in [1.82, 2.24) is 25.0 Å². The molecule has 2 heterocycles. The van der Waals surface area contributed by atoms with Crippen molar-refractivity contribution in [3.63, 3.8) is 0 Å². The Balaban J connectivity index is 1.93. The zero-order valence-corrected chi connectivity index (χ0v) is 14.1. The molecule has 0 radical (unpaired) electrons. The van der Waals surface area contributed by atoms with E-state index in [9.17, 15) is 0 Å². The quantitative estimate of drug-likeness (QED) is 0.670. The van der Waals surface area contributed by atoms with Gasteiger partial charge in [-0.05, 0) is 28.1 Å². The van der Waals surface area contributed by atoms with Gasteiger partial charge in [0, 0.05) is 26.0 Å². The Hall–Kier alpha value is -1.41. The van der Waals surface area contributed by atoms with E-state index in [4.69, 9.17) is 0 Å². The summed E-state index contributed by atoms with van der Waals surface area (Å²) >= 11 is 5.21. The molecule has 0 unspecified atom stereocenters. The Labute approximate surface area is 130 Å². The number of hydrogen-bond acceptors (Lipinski definition) is 4. The molecule has 6 nitrogen and oxygen atoms in total. The Morgan fingerprint density at radius 1 is 1.55 bits per heavy atom. The van der Waals surface area contributed by atoms with Crippen LogP contribution in [-0.2, 0) is 20.1 Å². The van der Waals surface area contributed by atoms with Crippen LogP contribution in [0.3, 0.4) is 0 Å². The van der Waals surface area contributed by atoms with Gasteiger partial charge in [-0.3, -0.25) is 9.67 Å². The first-order valence-electron chi connectivity index (χ1n) is 6.09. The van der Waals surface area contributed by atoms with Crippen LogP contribution in [0.2, 0.25) is 0 Å². The lowest BCUT2D eigenvalue weighted by atomic mass is 10.4. The van der Waals surface area contributed by atoms with Gasteiger partial charge in [-0.15, -0.1) is 11.3 Å². The number of hydrogen-bond donors (Lipinski definition) is 1. The van der Waals surface area contributed by atoms with Crippen molar-refractivity contribution >= 4 is 33.2 Å². The van der Waals surface area contributed by atoms with E-state index in [1.54, 1.807) is 29.4 Å². The SMILES string of the molecule is CN=C(NCc1ncnn1C)N(C)Cc1ccc(Br)s1. The second kappa shape index (κ2) is 6.85. The van der Waals surface area contributed by atoms with Gasteiger partial charge in [-0.25, -0.2) is 4.98 Å². The van der Waals surface area contributed by atoms with Gasteiger partial charge in [0.25, 0.3) is 0 Å². The molecular weight excluding hydrogens is 340 g/mol. The molecule has 20 heavy (non-hydrogen) atoms. The minimum Gasteiger partial charge on any atom is -0.349 e. The molecule has 0 aliphatic rings. The van der Waals surface area contributed by atoms with Crippen LogP contribution in [0.4, 0.5) is 0 Å². The molecule has 0 spiro atoms. The number of thiophene rings is 1. The smallest absolute Gasteiger partial charge is 0.194 e. The standard InChI is InChI=1S/C12H17BrN6S/c1-14-12(15-6-11-16-8-17-19(11)3)18(2)7-9-4-5-10(13)20-9/h4-5,8H,6-7H2,1-3H3,(H,14,15). The molecule has 0 saturated heterocycles. The van der Waals surface area contributed by atoms with Gasteiger partial charge in [-0.2, -0.15) is 5.10 Å². The molecule has 2 aromatic rings. The van der Waals surface area contributed by atoms with Crippen molar-refractivity contribution in [2.24, 2.45) is 12.0 Å². The molecule has 0 atom stereocenters. The number of halogens is 1. The number of aromatic nitrogens is 3. The van der Waals surface area contributed by atoms with E-state index in [1.165, 1.54) is 4.88 Å². The van der Waals surface area contributed by atoms with Crippen LogP contribution < -0.4 is 5.32 Å². The zero-order valence-electron chi connectivity index (χ0n) is 11.7. The fraction of sp³-hybridized carbons (Fsp3) is 0.417. The molecule has 0 bridgehead atoms. The van der Waals surface area contributed by atoms with Gasteiger partial charge < -0.3 is 10.2 Å². The van der Waals surface area contributed by atoms with Crippen LogP contribution in [0.5, 0.6) is 0 Å². The van der Waals surface area contributed by atoms with E-state index in [-0.39, 0.29) is 0 Å². The molecule has 0 aliphatic heterocycles. The fourth-order valence-corrected chi connectivity index (χ4v) is 3.31. The molecule has 0 aliphatic carbocycles. The number of guanidine groups is 1. The predicted molar refractivity (Wildman–Crippen MR) is 84.7 cm³/mol. The molecule has 0 amide bonds. The van der Waals surface area contributed by atoms with Crippen LogP contribution in [-0.4, -0.2) is 39.7 Å². The highest BCUT2D eigenvalue weighted by Gasteiger charge is 2.09. The molecule has 0 aromatic carbocycles. The van der Waals surface area contributed by atoms with Gasteiger partial charge in [0.05, 0.1) is 16.9 Å². The van der Waals surface area contributed by atoms with Crippen molar-refractivity contribution in [3.05, 3.63) is 32.9 Å². The van der Waals surface area contributed by atoms with Crippen molar-refractivity contribution in [3.8, 4) is 0 Å². The summed E-state index contributed by atoms with van der Waals surface area (Å²) in [7, 11) is 5.67. The summed E-state index contributed by atoms with van der Waals surface area (Å²) in [5.41, 5.74) is 0. The molecule has 2 aromatic heterocycles. The highest BCUT2D eigenvalue weighted by Crippen LogP contribution is 2.22. The first-order valence-corrected chi connectivity index (χ1v) is 7.70. The van der Waals surface area contributed by atoms with Gasteiger partial charge >= 0.3 is 0 Å². The van der Waals surface area contributed by atoms with E-state index in [0.29, 0.717) is 6.54 Å². The van der Waals surface area contributed by atoms with Crippen LogP contribution in [0.15, 0.2) is 27.2 Å². The number of aryl methyl sites for hydroxylation is 1. The summed E-state index contributed by atoms with van der Waals surface area (Å²) in [4.78, 5) is 11.8. The molecule has 0 fully saturated rings. The van der Waals surface area contributed by atoms with Crippen molar-refractivity contribution in [2.75, 3.05) is 14.1 Å². The van der Waals surface area contributed by atoms with Crippen LogP contribution >= 0.6 is 27.3 Å².